The molecule has 2 unspecified atom stereocenters. The molecular formula is C21H40. The molecule has 0 spiro atoms. The lowest BCUT2D eigenvalue weighted by molar-refractivity contribution is 0.224. The van der Waals surface area contributed by atoms with Crippen LogP contribution in [0, 0.1) is 17.8 Å². The summed E-state index contributed by atoms with van der Waals surface area (Å²) in [5.74, 6) is 3.15. The summed E-state index contributed by atoms with van der Waals surface area (Å²) in [6.07, 6.45) is 25.9. The Bertz CT molecular complexity index is 234. The summed E-state index contributed by atoms with van der Waals surface area (Å²) in [5.41, 5.74) is 0. The number of hydrogen-bond donors (Lipinski definition) is 0. The van der Waals surface area contributed by atoms with E-state index in [1.165, 1.54) is 83.5 Å². The molecule has 0 radical (unpaired) electrons. The Balaban J connectivity index is 1.84. The summed E-state index contributed by atoms with van der Waals surface area (Å²) in [6.45, 7) is 2.49. The summed E-state index contributed by atoms with van der Waals surface area (Å²) in [6, 6.07) is 0. The van der Waals surface area contributed by atoms with E-state index in [4.69, 9.17) is 0 Å². The van der Waals surface area contributed by atoms with Crippen LogP contribution in [-0.2, 0) is 0 Å². The van der Waals surface area contributed by atoms with Gasteiger partial charge in [-0.15, -0.1) is 0 Å². The van der Waals surface area contributed by atoms with E-state index in [0.29, 0.717) is 0 Å². The van der Waals surface area contributed by atoms with Crippen LogP contribution in [0.15, 0.2) is 0 Å². The zero-order valence-electron chi connectivity index (χ0n) is 14.8. The van der Waals surface area contributed by atoms with Gasteiger partial charge in [0.15, 0.2) is 0 Å². The van der Waals surface area contributed by atoms with Crippen molar-refractivity contribution in [3.8, 4) is 0 Å². The fourth-order valence-corrected chi connectivity index (χ4v) is 4.88. The molecule has 0 heteroatoms. The molecule has 0 bridgehead atoms. The third kappa shape index (κ3) is 7.20. The predicted molar refractivity (Wildman–Crippen MR) is 94.6 cm³/mol. The monoisotopic (exact) mass is 292 g/mol. The maximum Gasteiger partial charge on any atom is -0.0386 e. The SMILES string of the molecule is CC1CCCCCC(C2CCCCCCCCC2)CCC1. The highest BCUT2D eigenvalue weighted by molar-refractivity contribution is 4.74. The Labute approximate surface area is 134 Å². The first-order valence-corrected chi connectivity index (χ1v) is 10.4. The van der Waals surface area contributed by atoms with Crippen molar-refractivity contribution in [2.45, 2.75) is 116 Å². The third-order valence-corrected chi connectivity index (χ3v) is 6.36. The van der Waals surface area contributed by atoms with Crippen LogP contribution in [-0.4, -0.2) is 0 Å². The lowest BCUT2D eigenvalue weighted by Crippen LogP contribution is -2.17. The molecule has 2 rings (SSSR count). The van der Waals surface area contributed by atoms with Gasteiger partial charge in [0.25, 0.3) is 0 Å². The normalized spacial score (nSPS) is 32.4. The smallest absolute Gasteiger partial charge is 0.0386 e. The highest BCUT2D eigenvalue weighted by atomic mass is 14.3. The van der Waals surface area contributed by atoms with Crippen LogP contribution in [0.1, 0.15) is 116 Å². The van der Waals surface area contributed by atoms with Gasteiger partial charge < -0.3 is 0 Å². The van der Waals surface area contributed by atoms with E-state index in [9.17, 15) is 0 Å². The molecular weight excluding hydrogens is 252 g/mol. The van der Waals surface area contributed by atoms with Crippen molar-refractivity contribution in [3.05, 3.63) is 0 Å². The van der Waals surface area contributed by atoms with Crippen LogP contribution < -0.4 is 0 Å². The maximum absolute atomic E-state index is 2.49. The van der Waals surface area contributed by atoms with Crippen molar-refractivity contribution in [2.24, 2.45) is 17.8 Å². The molecule has 0 aliphatic heterocycles. The summed E-state index contributed by atoms with van der Waals surface area (Å²) >= 11 is 0. The first-order chi connectivity index (χ1) is 10.4. The third-order valence-electron chi connectivity index (χ3n) is 6.36. The molecule has 0 amide bonds. The van der Waals surface area contributed by atoms with Crippen LogP contribution in [0.5, 0.6) is 0 Å². The van der Waals surface area contributed by atoms with Crippen molar-refractivity contribution < 1.29 is 0 Å². The van der Waals surface area contributed by atoms with Crippen molar-refractivity contribution in [1.82, 2.24) is 0 Å². The van der Waals surface area contributed by atoms with Gasteiger partial charge in [-0.2, -0.15) is 0 Å². The molecule has 2 aliphatic rings. The van der Waals surface area contributed by atoms with Gasteiger partial charge in [0, 0.05) is 0 Å². The fourth-order valence-electron chi connectivity index (χ4n) is 4.88. The van der Waals surface area contributed by atoms with Gasteiger partial charge in [0.2, 0.25) is 0 Å². The van der Waals surface area contributed by atoms with E-state index in [1.807, 2.05) is 0 Å². The topological polar surface area (TPSA) is 0 Å². The van der Waals surface area contributed by atoms with Gasteiger partial charge >= 0.3 is 0 Å². The van der Waals surface area contributed by atoms with Crippen LogP contribution in [0.2, 0.25) is 0 Å². The quantitative estimate of drug-likeness (QED) is 0.469. The molecule has 2 atom stereocenters. The molecule has 0 N–H and O–H groups in total. The Hall–Kier alpha value is 0. The summed E-state index contributed by atoms with van der Waals surface area (Å²) in [5, 5.41) is 0. The van der Waals surface area contributed by atoms with E-state index in [-0.39, 0.29) is 0 Å². The van der Waals surface area contributed by atoms with Gasteiger partial charge in [0.05, 0.1) is 0 Å². The molecule has 21 heavy (non-hydrogen) atoms. The second-order valence-corrected chi connectivity index (χ2v) is 8.25. The minimum atomic E-state index is 0.993. The Kier molecular flexibility index (Phi) is 8.83. The number of rotatable bonds is 1. The molecule has 0 aromatic heterocycles. The van der Waals surface area contributed by atoms with Crippen molar-refractivity contribution in [1.29, 1.82) is 0 Å². The Morgan fingerprint density at radius 3 is 1.29 bits per heavy atom. The van der Waals surface area contributed by atoms with Gasteiger partial charge in [-0.3, -0.25) is 0 Å². The molecule has 0 nitrogen and oxygen atoms in total. The summed E-state index contributed by atoms with van der Waals surface area (Å²) in [7, 11) is 0. The molecule has 2 aliphatic carbocycles. The van der Waals surface area contributed by atoms with Crippen molar-refractivity contribution >= 4 is 0 Å². The van der Waals surface area contributed by atoms with Gasteiger partial charge in [-0.25, -0.2) is 0 Å². The predicted octanol–water partition coefficient (Wildman–Crippen LogP) is 7.51. The van der Waals surface area contributed by atoms with E-state index < -0.39 is 0 Å². The molecule has 0 aromatic rings. The van der Waals surface area contributed by atoms with Gasteiger partial charge in [0.1, 0.15) is 0 Å². The average molecular weight is 293 g/mol. The molecule has 2 fully saturated rings. The highest BCUT2D eigenvalue weighted by Crippen LogP contribution is 2.35. The lowest BCUT2D eigenvalue weighted by Gasteiger charge is -2.29. The fraction of sp³-hybridized carbons (Fsp3) is 1.00. The zero-order valence-corrected chi connectivity index (χ0v) is 14.8. The van der Waals surface area contributed by atoms with Crippen LogP contribution in [0.3, 0.4) is 0 Å². The van der Waals surface area contributed by atoms with Crippen LogP contribution >= 0.6 is 0 Å². The molecule has 124 valence electrons. The van der Waals surface area contributed by atoms with E-state index in [0.717, 1.165) is 17.8 Å². The van der Waals surface area contributed by atoms with Crippen LogP contribution in [0.25, 0.3) is 0 Å². The molecule has 0 heterocycles. The summed E-state index contributed by atoms with van der Waals surface area (Å²) in [4.78, 5) is 0. The zero-order chi connectivity index (χ0) is 14.8. The van der Waals surface area contributed by atoms with E-state index in [1.54, 1.807) is 25.7 Å². The Morgan fingerprint density at radius 1 is 0.381 bits per heavy atom. The van der Waals surface area contributed by atoms with Gasteiger partial charge in [-0.1, -0.05) is 116 Å². The second kappa shape index (κ2) is 10.7. The minimum absolute atomic E-state index is 0.993. The Morgan fingerprint density at radius 2 is 0.714 bits per heavy atom. The standard InChI is InChI=1S/C21H40/c1-19-13-8-7-11-17-21(18-12-14-19)20-15-9-5-3-2-4-6-10-16-20/h19-21H,2-18H2,1H3. The molecule has 0 saturated heterocycles. The average Bonchev–Trinajstić information content (AvgIpc) is 2.51. The molecule has 0 aromatic carbocycles. The summed E-state index contributed by atoms with van der Waals surface area (Å²) < 4.78 is 0. The first kappa shape index (κ1) is 17.4. The lowest BCUT2D eigenvalue weighted by atomic mass is 9.76. The van der Waals surface area contributed by atoms with Gasteiger partial charge in [-0.05, 0) is 17.8 Å². The number of hydrogen-bond acceptors (Lipinski definition) is 0. The van der Waals surface area contributed by atoms with Crippen LogP contribution in [0.4, 0.5) is 0 Å². The van der Waals surface area contributed by atoms with E-state index >= 15 is 0 Å². The first-order valence-electron chi connectivity index (χ1n) is 10.4. The largest absolute Gasteiger partial charge is 0.0625 e. The van der Waals surface area contributed by atoms with Crippen molar-refractivity contribution in [2.75, 3.05) is 0 Å². The van der Waals surface area contributed by atoms with E-state index in [2.05, 4.69) is 6.92 Å². The highest BCUT2D eigenvalue weighted by Gasteiger charge is 2.22. The molecule has 2 saturated carbocycles. The van der Waals surface area contributed by atoms with Crippen molar-refractivity contribution in [3.63, 3.8) is 0 Å². The maximum atomic E-state index is 2.49. The minimum Gasteiger partial charge on any atom is -0.0625 e. The second-order valence-electron chi connectivity index (χ2n) is 8.25.